The fraction of sp³-hybridized carbons (Fsp3) is 0.500. The molecule has 1 aliphatic carbocycles. The summed E-state index contributed by atoms with van der Waals surface area (Å²) >= 11 is 0. The summed E-state index contributed by atoms with van der Waals surface area (Å²) in [6.07, 6.45) is 3.50. The van der Waals surface area contributed by atoms with Crippen LogP contribution in [-0.2, 0) is 9.84 Å². The third kappa shape index (κ3) is 3.23. The van der Waals surface area contributed by atoms with Gasteiger partial charge < -0.3 is 5.32 Å². The molecule has 2 rings (SSSR count). The lowest BCUT2D eigenvalue weighted by molar-refractivity contribution is -0.384. The maximum Gasteiger partial charge on any atom is 0.271 e. The highest BCUT2D eigenvalue weighted by atomic mass is 32.2. The first kappa shape index (κ1) is 13.8. The van der Waals surface area contributed by atoms with Gasteiger partial charge in [-0.05, 0) is 25.3 Å². The topological polar surface area (TPSA) is 89.3 Å². The fourth-order valence-corrected chi connectivity index (χ4v) is 3.92. The Morgan fingerprint density at radius 3 is 2.74 bits per heavy atom. The highest BCUT2D eigenvalue weighted by molar-refractivity contribution is 7.91. The van der Waals surface area contributed by atoms with Crippen molar-refractivity contribution in [1.82, 2.24) is 0 Å². The van der Waals surface area contributed by atoms with Gasteiger partial charge in [-0.2, -0.15) is 0 Å². The average Bonchev–Trinajstić information content (AvgIpc) is 2.77. The molecule has 0 saturated heterocycles. The van der Waals surface area contributed by atoms with Crippen molar-refractivity contribution < 1.29 is 13.3 Å². The van der Waals surface area contributed by atoms with E-state index in [1.54, 1.807) is 12.1 Å². The number of nitro groups is 1. The van der Waals surface area contributed by atoms with Crippen molar-refractivity contribution >= 4 is 21.2 Å². The number of nitrogens with one attached hydrogen (secondary N) is 1. The van der Waals surface area contributed by atoms with E-state index < -0.39 is 20.0 Å². The molecule has 0 spiro atoms. The molecule has 0 heterocycles. The second-order valence-electron chi connectivity index (χ2n) is 4.86. The van der Waals surface area contributed by atoms with E-state index in [0.717, 1.165) is 12.8 Å². The maximum atomic E-state index is 11.7. The van der Waals surface area contributed by atoms with Crippen molar-refractivity contribution in [3.8, 4) is 0 Å². The highest BCUT2D eigenvalue weighted by Crippen LogP contribution is 2.28. The number of sulfone groups is 1. The second-order valence-corrected chi connectivity index (χ2v) is 7.12. The third-order valence-corrected chi connectivity index (χ3v) is 5.08. The van der Waals surface area contributed by atoms with E-state index in [2.05, 4.69) is 5.32 Å². The minimum Gasteiger partial charge on any atom is -0.381 e. The summed E-state index contributed by atoms with van der Waals surface area (Å²) in [5.74, 6) is 0. The maximum absolute atomic E-state index is 11.7. The zero-order valence-electron chi connectivity index (χ0n) is 10.6. The molecule has 1 aliphatic rings. The van der Waals surface area contributed by atoms with Gasteiger partial charge in [0.05, 0.1) is 10.2 Å². The minimum absolute atomic E-state index is 0.00102. The molecule has 2 unspecified atom stereocenters. The summed E-state index contributed by atoms with van der Waals surface area (Å²) in [6.45, 7) is 0. The number of anilines is 1. The predicted octanol–water partition coefficient (Wildman–Crippen LogP) is 1.97. The first-order chi connectivity index (χ1) is 8.88. The van der Waals surface area contributed by atoms with Crippen LogP contribution in [0.3, 0.4) is 0 Å². The Labute approximate surface area is 111 Å². The Kier molecular flexibility index (Phi) is 3.75. The number of benzene rings is 1. The van der Waals surface area contributed by atoms with Crippen molar-refractivity contribution in [2.45, 2.75) is 30.6 Å². The fourth-order valence-electron chi connectivity index (χ4n) is 2.53. The number of nitro benzene ring substituents is 1. The van der Waals surface area contributed by atoms with Gasteiger partial charge in [0.25, 0.3) is 5.69 Å². The number of non-ortho nitro benzene ring substituents is 1. The van der Waals surface area contributed by atoms with E-state index in [-0.39, 0.29) is 11.7 Å². The standard InChI is InChI=1S/C12H16N2O4S/c1-19(17,18)12-7-3-6-11(12)13-9-4-2-5-10(8-9)14(15)16/h2,4-5,8,11-13H,3,6-7H2,1H3. The van der Waals surface area contributed by atoms with Gasteiger partial charge in [-0.3, -0.25) is 10.1 Å². The van der Waals surface area contributed by atoms with E-state index in [1.165, 1.54) is 18.4 Å². The molecule has 2 atom stereocenters. The third-order valence-electron chi connectivity index (χ3n) is 3.41. The average molecular weight is 284 g/mol. The molecule has 1 saturated carbocycles. The van der Waals surface area contributed by atoms with Crippen LogP contribution in [0.1, 0.15) is 19.3 Å². The van der Waals surface area contributed by atoms with Crippen molar-refractivity contribution in [3.63, 3.8) is 0 Å². The first-order valence-corrected chi connectivity index (χ1v) is 8.03. The predicted molar refractivity (Wildman–Crippen MR) is 73.0 cm³/mol. The molecule has 0 aliphatic heterocycles. The van der Waals surface area contributed by atoms with Crippen LogP contribution in [0.5, 0.6) is 0 Å². The summed E-state index contributed by atoms with van der Waals surface area (Å²) in [5, 5.41) is 13.4. The summed E-state index contributed by atoms with van der Waals surface area (Å²) in [6, 6.07) is 5.97. The molecule has 7 heteroatoms. The minimum atomic E-state index is -3.09. The number of nitrogens with zero attached hydrogens (tertiary/aromatic N) is 1. The van der Waals surface area contributed by atoms with Gasteiger partial charge >= 0.3 is 0 Å². The summed E-state index contributed by atoms with van der Waals surface area (Å²) in [4.78, 5) is 10.2. The molecular formula is C12H16N2O4S. The Bertz CT molecular complexity index is 585. The van der Waals surface area contributed by atoms with E-state index in [4.69, 9.17) is 0 Å². The van der Waals surface area contributed by atoms with Crippen LogP contribution in [-0.4, -0.2) is 30.9 Å². The van der Waals surface area contributed by atoms with Crippen LogP contribution < -0.4 is 5.32 Å². The van der Waals surface area contributed by atoms with Gasteiger partial charge in [0.1, 0.15) is 0 Å². The molecule has 19 heavy (non-hydrogen) atoms. The van der Waals surface area contributed by atoms with Crippen molar-refractivity contribution in [2.24, 2.45) is 0 Å². The molecule has 104 valence electrons. The van der Waals surface area contributed by atoms with Crippen molar-refractivity contribution in [2.75, 3.05) is 11.6 Å². The van der Waals surface area contributed by atoms with Crippen LogP contribution in [0.25, 0.3) is 0 Å². The highest BCUT2D eigenvalue weighted by Gasteiger charge is 2.34. The van der Waals surface area contributed by atoms with E-state index in [0.29, 0.717) is 12.1 Å². The number of hydrogen-bond donors (Lipinski definition) is 1. The molecule has 1 fully saturated rings. The Hall–Kier alpha value is -1.63. The van der Waals surface area contributed by atoms with Crippen LogP contribution in [0.15, 0.2) is 24.3 Å². The van der Waals surface area contributed by atoms with Crippen molar-refractivity contribution in [3.05, 3.63) is 34.4 Å². The SMILES string of the molecule is CS(=O)(=O)C1CCCC1Nc1cccc([N+](=O)[O-])c1. The Balaban J connectivity index is 2.17. The lowest BCUT2D eigenvalue weighted by Gasteiger charge is -2.20. The Morgan fingerprint density at radius 2 is 2.11 bits per heavy atom. The van der Waals surface area contributed by atoms with Crippen LogP contribution in [0.2, 0.25) is 0 Å². The van der Waals surface area contributed by atoms with Crippen LogP contribution in [0.4, 0.5) is 11.4 Å². The summed E-state index contributed by atoms with van der Waals surface area (Å²) in [7, 11) is -3.09. The van der Waals surface area contributed by atoms with Gasteiger partial charge in [-0.15, -0.1) is 0 Å². The lowest BCUT2D eigenvalue weighted by Crippen LogP contribution is -2.34. The van der Waals surface area contributed by atoms with Gasteiger partial charge in [-0.1, -0.05) is 6.07 Å². The molecular weight excluding hydrogens is 268 g/mol. The zero-order chi connectivity index (χ0) is 14.0. The molecule has 1 aromatic carbocycles. The Morgan fingerprint density at radius 1 is 1.37 bits per heavy atom. The lowest BCUT2D eigenvalue weighted by atomic mass is 10.2. The largest absolute Gasteiger partial charge is 0.381 e. The van der Waals surface area contributed by atoms with E-state index >= 15 is 0 Å². The molecule has 0 amide bonds. The molecule has 6 nitrogen and oxygen atoms in total. The normalized spacial score (nSPS) is 23.2. The number of rotatable bonds is 4. The monoisotopic (exact) mass is 284 g/mol. The molecule has 0 bridgehead atoms. The summed E-state index contributed by atoms with van der Waals surface area (Å²) in [5.41, 5.74) is 0.591. The zero-order valence-corrected chi connectivity index (χ0v) is 11.4. The smallest absolute Gasteiger partial charge is 0.271 e. The summed E-state index contributed by atoms with van der Waals surface area (Å²) < 4.78 is 23.3. The molecule has 1 aromatic rings. The van der Waals surface area contributed by atoms with Gasteiger partial charge in [0, 0.05) is 30.1 Å². The molecule has 0 aromatic heterocycles. The van der Waals surface area contributed by atoms with Crippen molar-refractivity contribution in [1.29, 1.82) is 0 Å². The molecule has 0 radical (unpaired) electrons. The number of hydrogen-bond acceptors (Lipinski definition) is 5. The van der Waals surface area contributed by atoms with Crippen LogP contribution in [0, 0.1) is 10.1 Å². The van der Waals surface area contributed by atoms with Gasteiger partial charge in [-0.25, -0.2) is 8.42 Å². The van der Waals surface area contributed by atoms with E-state index in [1.807, 2.05) is 0 Å². The van der Waals surface area contributed by atoms with E-state index in [9.17, 15) is 18.5 Å². The second kappa shape index (κ2) is 5.16. The van der Waals surface area contributed by atoms with Gasteiger partial charge in [0.15, 0.2) is 9.84 Å². The van der Waals surface area contributed by atoms with Gasteiger partial charge in [0.2, 0.25) is 0 Å². The molecule has 1 N–H and O–H groups in total. The van der Waals surface area contributed by atoms with Crippen LogP contribution >= 0.6 is 0 Å². The first-order valence-electron chi connectivity index (χ1n) is 6.08. The quantitative estimate of drug-likeness (QED) is 0.674.